The first-order chi connectivity index (χ1) is 16.7. The van der Waals surface area contributed by atoms with E-state index in [4.69, 9.17) is 11.6 Å². The van der Waals surface area contributed by atoms with E-state index in [9.17, 15) is 9.90 Å². The number of fused-ring (bicyclic) bond motifs is 6. The molecular weight excluding hydrogens is 458 g/mol. The highest BCUT2D eigenvalue weighted by Crippen LogP contribution is 2.69. The summed E-state index contributed by atoms with van der Waals surface area (Å²) in [6, 6.07) is 5.54. The molecule has 0 amide bonds. The standard InChI is InChI=1S/C29H40ClN3O2/c1-4-29-14-13-27(2,35)16-18(29)5-7-20-21-8-9-23(28(21,3)12-11-22(20)29)26(34)17-33-25-15-19(30)6-10-24(25)31-32-33/h6,10,15,18,20-23,35H,4-5,7-9,11-14,16-17H2,1-3H3/t18-,20-,21-,22-,23+,27+,28-,29-/m0/s1. The molecule has 2 aromatic rings. The van der Waals surface area contributed by atoms with Crippen molar-refractivity contribution < 1.29 is 9.90 Å². The molecule has 4 aliphatic rings. The quantitative estimate of drug-likeness (QED) is 0.526. The molecule has 1 aromatic carbocycles. The summed E-state index contributed by atoms with van der Waals surface area (Å²) in [7, 11) is 0. The maximum absolute atomic E-state index is 13.7. The van der Waals surface area contributed by atoms with Gasteiger partial charge in [-0.1, -0.05) is 30.7 Å². The molecule has 0 bridgehead atoms. The molecular formula is C29H40ClN3O2. The molecule has 8 atom stereocenters. The third-order valence-electron chi connectivity index (χ3n) is 11.5. The van der Waals surface area contributed by atoms with Gasteiger partial charge in [0, 0.05) is 10.9 Å². The van der Waals surface area contributed by atoms with Gasteiger partial charge in [-0.15, -0.1) is 5.10 Å². The molecule has 0 aliphatic heterocycles. The van der Waals surface area contributed by atoms with Gasteiger partial charge in [0.15, 0.2) is 5.78 Å². The van der Waals surface area contributed by atoms with Crippen LogP contribution in [0.1, 0.15) is 85.0 Å². The molecule has 190 valence electrons. The molecule has 5 nitrogen and oxygen atoms in total. The summed E-state index contributed by atoms with van der Waals surface area (Å²) < 4.78 is 1.75. The van der Waals surface area contributed by atoms with Gasteiger partial charge in [-0.25, -0.2) is 4.68 Å². The van der Waals surface area contributed by atoms with Crippen LogP contribution in [0, 0.1) is 40.4 Å². The summed E-state index contributed by atoms with van der Waals surface area (Å²) in [5, 5.41) is 20.0. The van der Waals surface area contributed by atoms with Crippen LogP contribution in [0.25, 0.3) is 11.0 Å². The van der Waals surface area contributed by atoms with Crippen molar-refractivity contribution in [1.29, 1.82) is 0 Å². The molecule has 4 saturated carbocycles. The molecule has 1 heterocycles. The smallest absolute Gasteiger partial charge is 0.157 e. The summed E-state index contributed by atoms with van der Waals surface area (Å²) in [5.41, 5.74) is 1.62. The van der Waals surface area contributed by atoms with Crippen molar-refractivity contribution in [3.8, 4) is 0 Å². The van der Waals surface area contributed by atoms with E-state index in [1.54, 1.807) is 4.68 Å². The fourth-order valence-corrected chi connectivity index (χ4v) is 9.95. The fraction of sp³-hybridized carbons (Fsp3) is 0.759. The first-order valence-corrected chi connectivity index (χ1v) is 14.3. The van der Waals surface area contributed by atoms with E-state index in [0.29, 0.717) is 28.1 Å². The minimum Gasteiger partial charge on any atom is -0.390 e. The third kappa shape index (κ3) is 3.62. The Morgan fingerprint density at radius 2 is 1.94 bits per heavy atom. The summed E-state index contributed by atoms with van der Waals surface area (Å²) >= 11 is 6.21. The molecule has 0 unspecified atom stereocenters. The van der Waals surface area contributed by atoms with Crippen molar-refractivity contribution in [3.63, 3.8) is 0 Å². The number of hydrogen-bond acceptors (Lipinski definition) is 4. The van der Waals surface area contributed by atoms with Gasteiger partial charge in [-0.3, -0.25) is 4.79 Å². The fourth-order valence-electron chi connectivity index (χ4n) is 9.79. The van der Waals surface area contributed by atoms with Gasteiger partial charge < -0.3 is 5.11 Å². The van der Waals surface area contributed by atoms with Crippen molar-refractivity contribution in [1.82, 2.24) is 15.0 Å². The number of nitrogens with zero attached hydrogens (tertiary/aromatic N) is 3. The number of rotatable bonds is 4. The van der Waals surface area contributed by atoms with Crippen LogP contribution in [-0.4, -0.2) is 31.5 Å². The predicted octanol–water partition coefficient (Wildman–Crippen LogP) is 6.45. The zero-order chi connectivity index (χ0) is 24.6. The molecule has 1 aromatic heterocycles. The van der Waals surface area contributed by atoms with E-state index in [-0.39, 0.29) is 17.9 Å². The lowest BCUT2D eigenvalue weighted by atomic mass is 9.42. The van der Waals surface area contributed by atoms with Crippen LogP contribution in [0.15, 0.2) is 18.2 Å². The van der Waals surface area contributed by atoms with Crippen LogP contribution in [-0.2, 0) is 11.3 Å². The minimum atomic E-state index is -0.486. The Bertz CT molecular complexity index is 1140. The molecule has 4 aliphatic carbocycles. The summed E-state index contributed by atoms with van der Waals surface area (Å²) in [4.78, 5) is 13.7. The van der Waals surface area contributed by atoms with Gasteiger partial charge in [0.1, 0.15) is 12.1 Å². The summed E-state index contributed by atoms with van der Waals surface area (Å²) in [6.07, 6.45) is 11.5. The largest absolute Gasteiger partial charge is 0.390 e. The van der Waals surface area contributed by atoms with E-state index in [1.807, 2.05) is 18.2 Å². The first kappa shape index (κ1) is 23.9. The first-order valence-electron chi connectivity index (χ1n) is 13.9. The monoisotopic (exact) mass is 497 g/mol. The predicted molar refractivity (Wildman–Crippen MR) is 138 cm³/mol. The van der Waals surface area contributed by atoms with Gasteiger partial charge in [-0.2, -0.15) is 0 Å². The van der Waals surface area contributed by atoms with E-state index in [1.165, 1.54) is 38.5 Å². The number of benzene rings is 1. The van der Waals surface area contributed by atoms with E-state index < -0.39 is 5.60 Å². The van der Waals surface area contributed by atoms with Crippen LogP contribution >= 0.6 is 11.6 Å². The molecule has 0 saturated heterocycles. The van der Waals surface area contributed by atoms with Gasteiger partial charge in [0.25, 0.3) is 0 Å². The van der Waals surface area contributed by atoms with Crippen LogP contribution in [0.4, 0.5) is 0 Å². The Morgan fingerprint density at radius 3 is 2.74 bits per heavy atom. The van der Waals surface area contributed by atoms with Gasteiger partial charge in [0.2, 0.25) is 0 Å². The zero-order valence-electron chi connectivity index (χ0n) is 21.5. The zero-order valence-corrected chi connectivity index (χ0v) is 22.2. The topological polar surface area (TPSA) is 68.0 Å². The number of halogens is 1. The van der Waals surface area contributed by atoms with Crippen molar-refractivity contribution in [2.45, 2.75) is 97.1 Å². The SMILES string of the molecule is CC[C@]12CC[C@@](C)(O)C[C@@H]1CC[C@H]1[C@@H]3CC[C@H](C(=O)Cn4nnc5ccc(Cl)cc54)[C@@]3(C)CC[C@@H]12. The van der Waals surface area contributed by atoms with E-state index in [0.717, 1.165) is 48.6 Å². The highest BCUT2D eigenvalue weighted by atomic mass is 35.5. The summed E-state index contributed by atoms with van der Waals surface area (Å²) in [5.74, 6) is 3.21. The normalized spacial score (nSPS) is 42.9. The van der Waals surface area contributed by atoms with Crippen molar-refractivity contribution in [2.24, 2.45) is 40.4 Å². The van der Waals surface area contributed by atoms with Crippen molar-refractivity contribution in [3.05, 3.63) is 23.2 Å². The van der Waals surface area contributed by atoms with Gasteiger partial charge in [-0.05, 0) is 124 Å². The van der Waals surface area contributed by atoms with Crippen molar-refractivity contribution in [2.75, 3.05) is 0 Å². The summed E-state index contributed by atoms with van der Waals surface area (Å²) in [6.45, 7) is 7.17. The van der Waals surface area contributed by atoms with E-state index >= 15 is 0 Å². The average molecular weight is 498 g/mol. The second-order valence-corrected chi connectivity index (χ2v) is 13.4. The number of hydrogen-bond donors (Lipinski definition) is 1. The van der Waals surface area contributed by atoms with Crippen LogP contribution in [0.5, 0.6) is 0 Å². The number of Topliss-reactive ketones (excluding diaryl/α,β-unsaturated/α-hetero) is 1. The number of carbonyl (C=O) groups is 1. The number of aliphatic hydroxyl groups is 1. The second-order valence-electron chi connectivity index (χ2n) is 13.0. The van der Waals surface area contributed by atoms with Crippen LogP contribution < -0.4 is 0 Å². The lowest BCUT2D eigenvalue weighted by Crippen LogP contribution is -2.56. The Morgan fingerprint density at radius 1 is 1.11 bits per heavy atom. The number of carbonyl (C=O) groups excluding carboxylic acids is 1. The third-order valence-corrected chi connectivity index (χ3v) is 11.7. The number of ketones is 1. The Kier molecular flexibility index (Phi) is 5.65. The Hall–Kier alpha value is -1.46. The molecule has 6 rings (SSSR count). The molecule has 1 N–H and O–H groups in total. The number of aromatic nitrogens is 3. The Labute approximate surface area is 214 Å². The maximum Gasteiger partial charge on any atom is 0.157 e. The van der Waals surface area contributed by atoms with Gasteiger partial charge in [0.05, 0.1) is 11.1 Å². The second kappa shape index (κ2) is 8.28. The Balaban J connectivity index is 1.23. The maximum atomic E-state index is 13.7. The van der Waals surface area contributed by atoms with Crippen LogP contribution in [0.2, 0.25) is 5.02 Å². The highest BCUT2D eigenvalue weighted by Gasteiger charge is 2.62. The minimum absolute atomic E-state index is 0.0915. The molecule has 0 spiro atoms. The van der Waals surface area contributed by atoms with Gasteiger partial charge >= 0.3 is 0 Å². The van der Waals surface area contributed by atoms with Crippen molar-refractivity contribution >= 4 is 28.4 Å². The van der Waals surface area contributed by atoms with E-state index in [2.05, 4.69) is 31.1 Å². The molecule has 0 radical (unpaired) electrons. The molecule has 4 fully saturated rings. The lowest BCUT2D eigenvalue weighted by molar-refractivity contribution is -0.158. The average Bonchev–Trinajstić information content (AvgIpc) is 3.38. The van der Waals surface area contributed by atoms with Crippen LogP contribution in [0.3, 0.4) is 0 Å². The lowest BCUT2D eigenvalue weighted by Gasteiger charge is -2.63. The molecule has 6 heteroatoms. The highest BCUT2D eigenvalue weighted by molar-refractivity contribution is 6.31. The molecule has 35 heavy (non-hydrogen) atoms.